The van der Waals surface area contributed by atoms with Gasteiger partial charge in [-0.2, -0.15) is 0 Å². The number of amides is 2. The van der Waals surface area contributed by atoms with Gasteiger partial charge in [-0.05, 0) is 50.2 Å². The van der Waals surface area contributed by atoms with E-state index in [1.54, 1.807) is 37.4 Å². The van der Waals surface area contributed by atoms with E-state index in [4.69, 9.17) is 4.74 Å². The Morgan fingerprint density at radius 2 is 1.77 bits per heavy atom. The zero-order valence-electron chi connectivity index (χ0n) is 17.7. The first kappa shape index (κ1) is 20.7. The quantitative estimate of drug-likeness (QED) is 0.671. The summed E-state index contributed by atoms with van der Waals surface area (Å²) >= 11 is 0. The highest BCUT2D eigenvalue weighted by atomic mass is 19.1. The zero-order chi connectivity index (χ0) is 22.1. The van der Waals surface area contributed by atoms with Crippen molar-refractivity contribution in [2.45, 2.75) is 20.3 Å². The minimum Gasteiger partial charge on any atom is -0.497 e. The average molecular weight is 421 g/mol. The molecule has 0 radical (unpaired) electrons. The number of ether oxygens (including phenoxy) is 1. The SMILES string of the molecule is COc1ccc(NC(=O)[C@H]2CC(=O)N(c3ccccc3F)C2)c(-n2c(C)ccc2C)c1. The maximum Gasteiger partial charge on any atom is 0.229 e. The molecule has 2 heterocycles. The molecular weight excluding hydrogens is 397 g/mol. The topological polar surface area (TPSA) is 63.6 Å². The van der Waals surface area contributed by atoms with Gasteiger partial charge in [0.25, 0.3) is 0 Å². The standard InChI is InChI=1S/C24H24FN3O3/c1-15-8-9-16(2)28(15)22-13-18(31-3)10-11-20(22)26-24(30)17-12-23(29)27(14-17)21-7-5-4-6-19(21)25/h4-11,13,17H,12,14H2,1-3H3,(H,26,30)/t17-/m0/s1. The third kappa shape index (κ3) is 3.91. The van der Waals surface area contributed by atoms with E-state index >= 15 is 0 Å². The molecule has 6 nitrogen and oxygen atoms in total. The number of hydrogen-bond donors (Lipinski definition) is 1. The van der Waals surface area contributed by atoms with Crippen LogP contribution in [0.5, 0.6) is 5.75 Å². The van der Waals surface area contributed by atoms with Gasteiger partial charge in [-0.1, -0.05) is 12.1 Å². The molecule has 4 rings (SSSR count). The molecule has 1 aromatic heterocycles. The van der Waals surface area contributed by atoms with Crippen LogP contribution in [0.15, 0.2) is 54.6 Å². The molecule has 1 aliphatic heterocycles. The molecule has 2 aromatic carbocycles. The smallest absolute Gasteiger partial charge is 0.229 e. The van der Waals surface area contributed by atoms with Crippen molar-refractivity contribution in [3.05, 3.63) is 71.8 Å². The number of carbonyl (C=O) groups is 2. The van der Waals surface area contributed by atoms with Crippen LogP contribution in [-0.4, -0.2) is 30.0 Å². The molecule has 0 bridgehead atoms. The number of benzene rings is 2. The number of nitrogens with zero attached hydrogens (tertiary/aromatic N) is 2. The van der Waals surface area contributed by atoms with Gasteiger partial charge in [0.05, 0.1) is 30.1 Å². The number of nitrogens with one attached hydrogen (secondary N) is 1. The van der Waals surface area contributed by atoms with Gasteiger partial charge >= 0.3 is 0 Å². The van der Waals surface area contributed by atoms with E-state index in [0.29, 0.717) is 11.4 Å². The first-order chi connectivity index (χ1) is 14.9. The summed E-state index contributed by atoms with van der Waals surface area (Å²) in [6, 6.07) is 15.5. The lowest BCUT2D eigenvalue weighted by Crippen LogP contribution is -2.29. The molecule has 1 atom stereocenters. The Kier molecular flexibility index (Phi) is 5.50. The van der Waals surface area contributed by atoms with Crippen molar-refractivity contribution in [1.29, 1.82) is 0 Å². The molecule has 1 N–H and O–H groups in total. The van der Waals surface area contributed by atoms with Crippen molar-refractivity contribution in [2.75, 3.05) is 23.9 Å². The summed E-state index contributed by atoms with van der Waals surface area (Å²) < 4.78 is 21.5. The van der Waals surface area contributed by atoms with E-state index in [1.165, 1.54) is 11.0 Å². The number of halogens is 1. The molecule has 2 amide bonds. The summed E-state index contributed by atoms with van der Waals surface area (Å²) in [5.74, 6) is -0.928. The van der Waals surface area contributed by atoms with Gasteiger partial charge in [0.15, 0.2) is 0 Å². The Morgan fingerprint density at radius 3 is 2.45 bits per heavy atom. The number of para-hydroxylation sites is 1. The van der Waals surface area contributed by atoms with E-state index in [9.17, 15) is 14.0 Å². The van der Waals surface area contributed by atoms with Gasteiger partial charge < -0.3 is 19.5 Å². The maximum atomic E-state index is 14.1. The molecule has 0 unspecified atom stereocenters. The molecule has 1 saturated heterocycles. The Morgan fingerprint density at radius 1 is 1.06 bits per heavy atom. The van der Waals surface area contributed by atoms with Crippen LogP contribution in [-0.2, 0) is 9.59 Å². The van der Waals surface area contributed by atoms with Crippen molar-refractivity contribution in [1.82, 2.24) is 4.57 Å². The van der Waals surface area contributed by atoms with E-state index < -0.39 is 11.7 Å². The number of methoxy groups -OCH3 is 1. The van der Waals surface area contributed by atoms with Gasteiger partial charge in [0, 0.05) is 30.4 Å². The van der Waals surface area contributed by atoms with Crippen molar-refractivity contribution < 1.29 is 18.7 Å². The Labute approximate surface area is 180 Å². The highest BCUT2D eigenvalue weighted by Crippen LogP contribution is 2.31. The van der Waals surface area contributed by atoms with Crippen LogP contribution in [0.1, 0.15) is 17.8 Å². The molecule has 1 fully saturated rings. The summed E-state index contributed by atoms with van der Waals surface area (Å²) in [6.07, 6.45) is 0.0350. The summed E-state index contributed by atoms with van der Waals surface area (Å²) in [6.45, 7) is 4.11. The predicted molar refractivity (Wildman–Crippen MR) is 117 cm³/mol. The van der Waals surface area contributed by atoms with Crippen LogP contribution in [0, 0.1) is 25.6 Å². The fraction of sp³-hybridized carbons (Fsp3) is 0.250. The third-order valence-corrected chi connectivity index (χ3v) is 5.61. The van der Waals surface area contributed by atoms with Gasteiger partial charge in [0.1, 0.15) is 11.6 Å². The highest BCUT2D eigenvalue weighted by Gasteiger charge is 2.36. The second kappa shape index (κ2) is 8.26. The van der Waals surface area contributed by atoms with Crippen LogP contribution in [0.2, 0.25) is 0 Å². The molecule has 0 spiro atoms. The molecule has 1 aliphatic rings. The van der Waals surface area contributed by atoms with Gasteiger partial charge in [-0.25, -0.2) is 4.39 Å². The molecule has 3 aromatic rings. The number of rotatable bonds is 5. The number of aromatic nitrogens is 1. The molecule has 0 aliphatic carbocycles. The minimum absolute atomic E-state index is 0.0350. The Bertz CT molecular complexity index is 1140. The molecular formula is C24H24FN3O3. The number of anilines is 2. The molecule has 160 valence electrons. The lowest BCUT2D eigenvalue weighted by Gasteiger charge is -2.19. The number of carbonyl (C=O) groups excluding carboxylic acids is 2. The fourth-order valence-electron chi connectivity index (χ4n) is 4.00. The summed E-state index contributed by atoms with van der Waals surface area (Å²) in [4.78, 5) is 26.9. The summed E-state index contributed by atoms with van der Waals surface area (Å²) in [5, 5.41) is 2.97. The Hall–Kier alpha value is -3.61. The Balaban J connectivity index is 1.60. The number of aryl methyl sites for hydroxylation is 2. The lowest BCUT2D eigenvalue weighted by atomic mass is 10.1. The number of hydrogen-bond acceptors (Lipinski definition) is 3. The monoisotopic (exact) mass is 421 g/mol. The van der Waals surface area contributed by atoms with Gasteiger partial charge in [0.2, 0.25) is 11.8 Å². The third-order valence-electron chi connectivity index (χ3n) is 5.61. The van der Waals surface area contributed by atoms with Crippen LogP contribution in [0.25, 0.3) is 5.69 Å². The second-order valence-electron chi connectivity index (χ2n) is 7.68. The second-order valence-corrected chi connectivity index (χ2v) is 7.68. The van der Waals surface area contributed by atoms with Crippen molar-refractivity contribution in [3.8, 4) is 11.4 Å². The van der Waals surface area contributed by atoms with Crippen LogP contribution in [0.4, 0.5) is 15.8 Å². The van der Waals surface area contributed by atoms with Gasteiger partial charge in [-0.15, -0.1) is 0 Å². The molecule has 31 heavy (non-hydrogen) atoms. The van der Waals surface area contributed by atoms with Crippen molar-refractivity contribution in [2.24, 2.45) is 5.92 Å². The summed E-state index contributed by atoms with van der Waals surface area (Å²) in [5.41, 5.74) is 3.63. The van der Waals surface area contributed by atoms with Crippen molar-refractivity contribution in [3.63, 3.8) is 0 Å². The average Bonchev–Trinajstić information content (AvgIpc) is 3.30. The van der Waals surface area contributed by atoms with E-state index in [2.05, 4.69) is 5.32 Å². The largest absolute Gasteiger partial charge is 0.497 e. The fourth-order valence-corrected chi connectivity index (χ4v) is 4.00. The van der Waals surface area contributed by atoms with Crippen LogP contribution >= 0.6 is 0 Å². The van der Waals surface area contributed by atoms with E-state index in [0.717, 1.165) is 17.1 Å². The molecule has 7 heteroatoms. The summed E-state index contributed by atoms with van der Waals surface area (Å²) in [7, 11) is 1.59. The predicted octanol–water partition coefficient (Wildman–Crippen LogP) is 4.23. The normalized spacial score (nSPS) is 15.9. The van der Waals surface area contributed by atoms with Crippen molar-refractivity contribution >= 4 is 23.2 Å². The first-order valence-electron chi connectivity index (χ1n) is 10.1. The lowest BCUT2D eigenvalue weighted by molar-refractivity contribution is -0.122. The van der Waals surface area contributed by atoms with E-state index in [-0.39, 0.29) is 30.5 Å². The van der Waals surface area contributed by atoms with Crippen LogP contribution in [0.3, 0.4) is 0 Å². The zero-order valence-corrected chi connectivity index (χ0v) is 17.7. The van der Waals surface area contributed by atoms with Crippen LogP contribution < -0.4 is 15.0 Å². The minimum atomic E-state index is -0.575. The van der Waals surface area contributed by atoms with Gasteiger partial charge in [-0.3, -0.25) is 9.59 Å². The highest BCUT2D eigenvalue weighted by molar-refractivity contribution is 6.04. The first-order valence-corrected chi connectivity index (χ1v) is 10.1. The maximum absolute atomic E-state index is 14.1. The molecule has 0 saturated carbocycles. The van der Waals surface area contributed by atoms with E-state index in [1.807, 2.05) is 36.6 Å².